The lowest BCUT2D eigenvalue weighted by Gasteiger charge is -2.45. The summed E-state index contributed by atoms with van der Waals surface area (Å²) in [5.41, 5.74) is 0.0156. The zero-order chi connectivity index (χ0) is 22.5. The van der Waals surface area contributed by atoms with Crippen LogP contribution in [0.15, 0.2) is 29.5 Å². The fraction of sp³-hybridized carbons (Fsp3) is 0.545. The van der Waals surface area contributed by atoms with Gasteiger partial charge >= 0.3 is 0 Å². The maximum Gasteiger partial charge on any atom is 0.297 e. The highest BCUT2D eigenvalue weighted by molar-refractivity contribution is 7.10. The molecule has 0 amide bonds. The van der Waals surface area contributed by atoms with E-state index in [1.807, 2.05) is 24.1 Å². The molecule has 3 aliphatic heterocycles. The quantitative estimate of drug-likeness (QED) is 0.676. The summed E-state index contributed by atoms with van der Waals surface area (Å²) in [5.74, 6) is -1.54. The summed E-state index contributed by atoms with van der Waals surface area (Å²) in [7, 11) is 1.61. The molecule has 5 rings (SSSR count). The van der Waals surface area contributed by atoms with Crippen LogP contribution in [0.1, 0.15) is 30.2 Å². The summed E-state index contributed by atoms with van der Waals surface area (Å²) in [5, 5.41) is 5.97. The van der Waals surface area contributed by atoms with Crippen LogP contribution >= 0.6 is 11.3 Å². The Morgan fingerprint density at radius 3 is 2.84 bits per heavy atom. The van der Waals surface area contributed by atoms with Crippen LogP contribution in [-0.2, 0) is 16.3 Å². The fourth-order valence-electron chi connectivity index (χ4n) is 4.84. The summed E-state index contributed by atoms with van der Waals surface area (Å²) in [6.45, 7) is 4.22. The van der Waals surface area contributed by atoms with Crippen molar-refractivity contribution in [1.82, 2.24) is 9.88 Å². The third kappa shape index (κ3) is 3.68. The number of hydrazone groups is 1. The lowest BCUT2D eigenvalue weighted by Crippen LogP contribution is -2.50. The van der Waals surface area contributed by atoms with Crippen molar-refractivity contribution in [3.63, 3.8) is 0 Å². The molecule has 5 heterocycles. The monoisotopic (exact) mass is 466 g/mol. The Balaban J connectivity index is 1.25. The van der Waals surface area contributed by atoms with Gasteiger partial charge in [0.15, 0.2) is 16.7 Å². The first-order chi connectivity index (χ1) is 15.3. The molecule has 1 unspecified atom stereocenters. The van der Waals surface area contributed by atoms with Crippen LogP contribution in [0.5, 0.6) is 5.75 Å². The maximum atomic E-state index is 14.2. The number of nitrogens with zero attached hydrogens (tertiary/aromatic N) is 4. The summed E-state index contributed by atoms with van der Waals surface area (Å²) < 4.78 is 53.5. The van der Waals surface area contributed by atoms with Crippen LogP contribution in [-0.4, -0.2) is 55.5 Å². The van der Waals surface area contributed by atoms with E-state index in [0.717, 1.165) is 29.7 Å². The van der Waals surface area contributed by atoms with Crippen LogP contribution in [0.25, 0.3) is 0 Å². The highest BCUT2D eigenvalue weighted by Crippen LogP contribution is 2.51. The molecule has 1 atom stereocenters. The molecule has 0 bridgehead atoms. The number of rotatable bonds is 4. The molecule has 1 fully saturated rings. The summed E-state index contributed by atoms with van der Waals surface area (Å²) >= 11 is 0.799. The number of aromatic nitrogens is 1. The van der Waals surface area contributed by atoms with Gasteiger partial charge in [-0.2, -0.15) is 18.3 Å². The number of likely N-dealkylation sites (tertiary alicyclic amines) is 1. The Bertz CT molecular complexity index is 1040. The molecule has 0 aromatic carbocycles. The number of piperidine rings is 1. The van der Waals surface area contributed by atoms with Crippen molar-refractivity contribution in [3.8, 4) is 5.75 Å². The molecule has 0 N–H and O–H groups in total. The van der Waals surface area contributed by atoms with Crippen LogP contribution in [0.4, 0.5) is 19.0 Å². The highest BCUT2D eigenvalue weighted by Gasteiger charge is 2.52. The van der Waals surface area contributed by atoms with E-state index < -0.39 is 23.3 Å². The largest absolute Gasteiger partial charge is 0.493 e. The van der Waals surface area contributed by atoms with E-state index in [2.05, 4.69) is 15.0 Å². The number of fused-ring (bicyclic) bond motifs is 2. The van der Waals surface area contributed by atoms with Gasteiger partial charge in [-0.05, 0) is 38.0 Å². The maximum absolute atomic E-state index is 14.2. The first-order valence-electron chi connectivity index (χ1n) is 10.7. The van der Waals surface area contributed by atoms with Gasteiger partial charge in [-0.1, -0.05) is 0 Å². The number of halogens is 3. The molecule has 2 aromatic heterocycles. The number of thiophene rings is 1. The minimum absolute atomic E-state index is 0.196. The molecule has 1 spiro atoms. The molecule has 1 saturated heterocycles. The van der Waals surface area contributed by atoms with Gasteiger partial charge in [0.2, 0.25) is 0 Å². The van der Waals surface area contributed by atoms with Crippen molar-refractivity contribution in [1.29, 1.82) is 0 Å². The van der Waals surface area contributed by atoms with Gasteiger partial charge in [0, 0.05) is 47.9 Å². The Hall–Kier alpha value is -2.17. The first-order valence-corrected chi connectivity index (χ1v) is 11.5. The zero-order valence-electron chi connectivity index (χ0n) is 18.0. The average molecular weight is 467 g/mol. The van der Waals surface area contributed by atoms with Gasteiger partial charge in [0.25, 0.3) is 5.92 Å². The van der Waals surface area contributed by atoms with E-state index >= 15 is 0 Å². The molecule has 0 radical (unpaired) electrons. The second-order valence-corrected chi connectivity index (χ2v) is 9.63. The van der Waals surface area contributed by atoms with E-state index in [1.165, 1.54) is 0 Å². The number of hydrogen-bond donors (Lipinski definition) is 0. The van der Waals surface area contributed by atoms with E-state index in [0.29, 0.717) is 48.9 Å². The molecule has 6 nitrogen and oxygen atoms in total. The van der Waals surface area contributed by atoms with Gasteiger partial charge in [0.1, 0.15) is 12.2 Å². The number of hydrogen-bond acceptors (Lipinski definition) is 7. The third-order valence-corrected chi connectivity index (χ3v) is 7.77. The van der Waals surface area contributed by atoms with Gasteiger partial charge in [0.05, 0.1) is 13.7 Å². The smallest absolute Gasteiger partial charge is 0.297 e. The molecule has 2 aromatic rings. The van der Waals surface area contributed by atoms with Crippen LogP contribution < -0.4 is 9.75 Å². The van der Waals surface area contributed by atoms with Gasteiger partial charge in [-0.3, -0.25) is 0 Å². The third-order valence-electron chi connectivity index (χ3n) is 6.66. The lowest BCUT2D eigenvalue weighted by atomic mass is 9.84. The second kappa shape index (κ2) is 8.00. The predicted octanol–water partition coefficient (Wildman–Crippen LogP) is 4.22. The van der Waals surface area contributed by atoms with Crippen molar-refractivity contribution in [2.24, 2.45) is 11.0 Å². The number of ether oxygens (including phenoxy) is 2. The van der Waals surface area contributed by atoms with E-state index in [9.17, 15) is 13.2 Å². The molecule has 3 aliphatic rings. The fourth-order valence-corrected chi connectivity index (χ4v) is 5.97. The summed E-state index contributed by atoms with van der Waals surface area (Å²) in [6.07, 6.45) is 2.85. The molecule has 172 valence electrons. The molecule has 0 aliphatic carbocycles. The minimum atomic E-state index is -3.13. The Morgan fingerprint density at radius 2 is 2.09 bits per heavy atom. The zero-order valence-corrected chi connectivity index (χ0v) is 18.8. The van der Waals surface area contributed by atoms with Crippen molar-refractivity contribution in [2.45, 2.75) is 31.3 Å². The Kier molecular flexibility index (Phi) is 5.42. The SMILES string of the molecule is COc1cccnc1N1CC(CN2CCC3(CC2)OCC(F)(F)c2cc(F)sc23)C(C)=N1. The van der Waals surface area contributed by atoms with Crippen LogP contribution in [0.3, 0.4) is 0 Å². The first kappa shape index (κ1) is 21.7. The van der Waals surface area contributed by atoms with Gasteiger partial charge < -0.3 is 14.4 Å². The van der Waals surface area contributed by atoms with Crippen molar-refractivity contribution in [2.75, 3.05) is 44.9 Å². The highest BCUT2D eigenvalue weighted by atomic mass is 32.1. The Labute approximate surface area is 188 Å². The molecule has 0 saturated carbocycles. The lowest BCUT2D eigenvalue weighted by molar-refractivity contribution is -0.181. The van der Waals surface area contributed by atoms with E-state index in [1.54, 1.807) is 13.3 Å². The molecule has 32 heavy (non-hydrogen) atoms. The van der Waals surface area contributed by atoms with E-state index in [-0.39, 0.29) is 11.5 Å². The van der Waals surface area contributed by atoms with Crippen molar-refractivity contribution < 1.29 is 22.6 Å². The number of anilines is 1. The number of alkyl halides is 2. The van der Waals surface area contributed by atoms with Crippen LogP contribution in [0.2, 0.25) is 0 Å². The second-order valence-electron chi connectivity index (χ2n) is 8.63. The molecular weight excluding hydrogens is 441 g/mol. The Morgan fingerprint density at radius 1 is 1.31 bits per heavy atom. The van der Waals surface area contributed by atoms with E-state index in [4.69, 9.17) is 9.47 Å². The predicted molar refractivity (Wildman–Crippen MR) is 116 cm³/mol. The van der Waals surface area contributed by atoms with Gasteiger partial charge in [-0.25, -0.2) is 9.99 Å². The summed E-state index contributed by atoms with van der Waals surface area (Å²) in [4.78, 5) is 7.08. The number of methoxy groups -OCH3 is 1. The normalized spacial score (nSPS) is 24.5. The van der Waals surface area contributed by atoms with Crippen molar-refractivity contribution in [3.05, 3.63) is 40.0 Å². The summed E-state index contributed by atoms with van der Waals surface area (Å²) in [6, 6.07) is 4.67. The van der Waals surface area contributed by atoms with Crippen LogP contribution in [0, 0.1) is 11.0 Å². The topological polar surface area (TPSA) is 50.2 Å². The van der Waals surface area contributed by atoms with Crippen molar-refractivity contribution >= 4 is 22.9 Å². The molecular formula is C22H25F3N4O2S. The average Bonchev–Trinajstić information content (AvgIpc) is 3.37. The van der Waals surface area contributed by atoms with Gasteiger partial charge in [-0.15, -0.1) is 11.3 Å². The standard InChI is InChI=1S/C22H25F3N4O2S/c1-14-15(12-29(27-14)20-17(30-2)4-3-7-26-20)11-28-8-5-21(6-9-28)19-16(10-18(23)32-19)22(24,25)13-31-21/h3-4,7,10,15H,5-6,8-9,11-13H2,1-2H3. The number of pyridine rings is 1. The minimum Gasteiger partial charge on any atom is -0.493 e. The molecule has 10 heteroatoms.